The first-order chi connectivity index (χ1) is 16.2. The summed E-state index contributed by atoms with van der Waals surface area (Å²) in [6.07, 6.45) is 9.37. The average molecular weight is 441 g/mol. The number of pyridine rings is 2. The zero-order chi connectivity index (χ0) is 22.5. The number of anilines is 2. The minimum atomic E-state index is -0.292. The molecule has 0 radical (unpaired) electrons. The zero-order valence-corrected chi connectivity index (χ0v) is 18.2. The lowest BCUT2D eigenvalue weighted by atomic mass is 9.96. The summed E-state index contributed by atoms with van der Waals surface area (Å²) in [5.74, 6) is 1.36. The van der Waals surface area contributed by atoms with E-state index in [1.165, 1.54) is 17.7 Å². The number of piperidine rings is 1. The molecule has 0 unspecified atom stereocenters. The lowest BCUT2D eigenvalue weighted by molar-refractivity contribution is 0.196. The van der Waals surface area contributed by atoms with Gasteiger partial charge in [-0.15, -0.1) is 0 Å². The molecular formula is C26H25FN6. The van der Waals surface area contributed by atoms with Crippen molar-refractivity contribution in [1.29, 1.82) is 0 Å². The molecule has 0 spiro atoms. The van der Waals surface area contributed by atoms with E-state index in [1.54, 1.807) is 24.7 Å². The van der Waals surface area contributed by atoms with E-state index in [9.17, 15) is 4.39 Å². The Morgan fingerprint density at radius 1 is 0.970 bits per heavy atom. The van der Waals surface area contributed by atoms with E-state index in [-0.39, 0.29) is 11.7 Å². The van der Waals surface area contributed by atoms with E-state index in [0.717, 1.165) is 49.6 Å². The summed E-state index contributed by atoms with van der Waals surface area (Å²) in [7, 11) is 0. The van der Waals surface area contributed by atoms with Crippen LogP contribution in [0.5, 0.6) is 0 Å². The second kappa shape index (κ2) is 9.83. The van der Waals surface area contributed by atoms with Gasteiger partial charge in [-0.2, -0.15) is 0 Å². The van der Waals surface area contributed by atoms with Crippen LogP contribution in [0.3, 0.4) is 0 Å². The Morgan fingerprint density at radius 3 is 2.64 bits per heavy atom. The van der Waals surface area contributed by atoms with Crippen LogP contribution in [0.25, 0.3) is 11.3 Å². The highest BCUT2D eigenvalue weighted by Gasteiger charge is 2.25. The number of rotatable bonds is 6. The van der Waals surface area contributed by atoms with E-state index in [1.807, 2.05) is 36.5 Å². The van der Waals surface area contributed by atoms with E-state index in [2.05, 4.69) is 26.3 Å². The number of halogens is 1. The van der Waals surface area contributed by atoms with Gasteiger partial charge in [-0.25, -0.2) is 14.4 Å². The molecule has 1 aromatic carbocycles. The molecule has 0 saturated carbocycles. The van der Waals surface area contributed by atoms with Gasteiger partial charge in [0.25, 0.3) is 0 Å². The Kier molecular flexibility index (Phi) is 6.30. The van der Waals surface area contributed by atoms with Crippen molar-refractivity contribution in [2.45, 2.75) is 25.3 Å². The third-order valence-corrected chi connectivity index (χ3v) is 5.80. The Balaban J connectivity index is 1.44. The van der Waals surface area contributed by atoms with Crippen molar-refractivity contribution in [2.75, 3.05) is 18.4 Å². The lowest BCUT2D eigenvalue weighted by Gasteiger charge is -2.32. The first-order valence-corrected chi connectivity index (χ1v) is 11.2. The summed E-state index contributed by atoms with van der Waals surface area (Å²) in [6, 6.07) is 16.2. The number of hydrogen-bond donors (Lipinski definition) is 1. The van der Waals surface area contributed by atoms with Crippen LogP contribution in [0.1, 0.15) is 30.1 Å². The van der Waals surface area contributed by atoms with E-state index >= 15 is 0 Å². The molecule has 5 rings (SSSR count). The van der Waals surface area contributed by atoms with Crippen LogP contribution in [-0.2, 0) is 6.54 Å². The first kappa shape index (κ1) is 21.2. The lowest BCUT2D eigenvalue weighted by Crippen LogP contribution is -2.34. The van der Waals surface area contributed by atoms with Crippen molar-refractivity contribution in [3.63, 3.8) is 0 Å². The molecule has 1 aliphatic heterocycles. The highest BCUT2D eigenvalue weighted by atomic mass is 19.1. The number of nitrogens with one attached hydrogen (secondary N) is 1. The molecule has 4 heterocycles. The van der Waals surface area contributed by atoms with Crippen molar-refractivity contribution < 1.29 is 4.39 Å². The van der Waals surface area contributed by atoms with Gasteiger partial charge in [0.15, 0.2) is 0 Å². The van der Waals surface area contributed by atoms with Gasteiger partial charge >= 0.3 is 0 Å². The summed E-state index contributed by atoms with van der Waals surface area (Å²) in [6.45, 7) is 2.79. The Bertz CT molecular complexity index is 1200. The normalized spacial score (nSPS) is 16.5. The van der Waals surface area contributed by atoms with Gasteiger partial charge in [0.05, 0.1) is 5.69 Å². The molecule has 33 heavy (non-hydrogen) atoms. The SMILES string of the molecule is Fc1cccc(Nc2cc(-c3cccnc3)nc([C@@H]3CCCN(Cc4cccnc4)C3)n2)c1. The van der Waals surface area contributed by atoms with Gasteiger partial charge in [-0.1, -0.05) is 12.1 Å². The van der Waals surface area contributed by atoms with Crippen LogP contribution in [0.4, 0.5) is 15.9 Å². The molecule has 0 aliphatic carbocycles. The highest BCUT2D eigenvalue weighted by Crippen LogP contribution is 2.29. The van der Waals surface area contributed by atoms with Crippen LogP contribution >= 0.6 is 0 Å². The number of likely N-dealkylation sites (tertiary alicyclic amines) is 1. The second-order valence-electron chi connectivity index (χ2n) is 8.31. The quantitative estimate of drug-likeness (QED) is 0.445. The van der Waals surface area contributed by atoms with E-state index in [4.69, 9.17) is 9.97 Å². The number of nitrogens with zero attached hydrogens (tertiary/aromatic N) is 5. The number of hydrogen-bond acceptors (Lipinski definition) is 6. The molecule has 1 atom stereocenters. The van der Waals surface area contributed by atoms with Crippen molar-refractivity contribution in [2.24, 2.45) is 0 Å². The maximum absolute atomic E-state index is 13.7. The van der Waals surface area contributed by atoms with Gasteiger partial charge in [-0.3, -0.25) is 14.9 Å². The molecular weight excluding hydrogens is 415 g/mol. The molecule has 7 heteroatoms. The molecule has 4 aromatic rings. The van der Waals surface area contributed by atoms with Crippen molar-refractivity contribution in [1.82, 2.24) is 24.8 Å². The average Bonchev–Trinajstić information content (AvgIpc) is 2.85. The van der Waals surface area contributed by atoms with Crippen LogP contribution in [0, 0.1) is 5.82 Å². The fourth-order valence-corrected chi connectivity index (χ4v) is 4.25. The van der Waals surface area contributed by atoms with Crippen LogP contribution < -0.4 is 5.32 Å². The van der Waals surface area contributed by atoms with Crippen molar-refractivity contribution in [3.8, 4) is 11.3 Å². The summed E-state index contributed by atoms with van der Waals surface area (Å²) >= 11 is 0. The first-order valence-electron chi connectivity index (χ1n) is 11.2. The maximum Gasteiger partial charge on any atom is 0.135 e. The van der Waals surface area contributed by atoms with Crippen molar-refractivity contribution >= 4 is 11.5 Å². The van der Waals surface area contributed by atoms with Gasteiger partial charge in [0, 0.05) is 61.1 Å². The van der Waals surface area contributed by atoms with Crippen LogP contribution in [-0.4, -0.2) is 37.9 Å². The molecule has 0 bridgehead atoms. The molecule has 3 aromatic heterocycles. The summed E-state index contributed by atoms with van der Waals surface area (Å²) in [4.78, 5) is 20.7. The Labute approximate surface area is 192 Å². The van der Waals surface area contributed by atoms with Gasteiger partial charge < -0.3 is 5.32 Å². The topological polar surface area (TPSA) is 66.8 Å². The number of benzene rings is 1. The van der Waals surface area contributed by atoms with Gasteiger partial charge in [0.2, 0.25) is 0 Å². The molecule has 1 saturated heterocycles. The molecule has 1 aliphatic rings. The molecule has 166 valence electrons. The van der Waals surface area contributed by atoms with E-state index in [0.29, 0.717) is 11.5 Å². The van der Waals surface area contributed by atoms with E-state index < -0.39 is 0 Å². The molecule has 6 nitrogen and oxygen atoms in total. The predicted molar refractivity (Wildman–Crippen MR) is 126 cm³/mol. The summed E-state index contributed by atoms with van der Waals surface area (Å²) in [5.41, 5.74) is 3.58. The fourth-order valence-electron chi connectivity index (χ4n) is 4.25. The Hall–Kier alpha value is -3.71. The van der Waals surface area contributed by atoms with Gasteiger partial charge in [0.1, 0.15) is 17.5 Å². The summed E-state index contributed by atoms with van der Waals surface area (Å²) in [5, 5.41) is 3.25. The van der Waals surface area contributed by atoms with Crippen LogP contribution in [0.15, 0.2) is 79.4 Å². The predicted octanol–water partition coefficient (Wildman–Crippen LogP) is 5.20. The monoisotopic (exact) mass is 440 g/mol. The van der Waals surface area contributed by atoms with Gasteiger partial charge in [-0.05, 0) is 61.3 Å². The maximum atomic E-state index is 13.7. The largest absolute Gasteiger partial charge is 0.340 e. The standard InChI is InChI=1S/C26H25FN6/c27-22-8-1-9-23(13-22)30-25-14-24(20-6-3-11-29-16-20)31-26(32-25)21-7-4-12-33(18-21)17-19-5-2-10-28-15-19/h1-3,5-6,8-11,13-16,21H,4,7,12,17-18H2,(H,30,31,32)/t21-/m1/s1. The third-order valence-electron chi connectivity index (χ3n) is 5.80. The molecule has 1 fully saturated rings. The minimum Gasteiger partial charge on any atom is -0.340 e. The zero-order valence-electron chi connectivity index (χ0n) is 18.2. The minimum absolute atomic E-state index is 0.208. The smallest absolute Gasteiger partial charge is 0.135 e. The Morgan fingerprint density at radius 2 is 1.85 bits per heavy atom. The molecule has 1 N–H and O–H groups in total. The highest BCUT2D eigenvalue weighted by molar-refractivity contribution is 5.65. The van der Waals surface area contributed by atoms with Crippen molar-refractivity contribution in [3.05, 3.63) is 96.6 Å². The fraction of sp³-hybridized carbons (Fsp3) is 0.231. The van der Waals surface area contributed by atoms with Crippen LogP contribution in [0.2, 0.25) is 0 Å². The second-order valence-corrected chi connectivity index (χ2v) is 8.31. The number of aromatic nitrogens is 4. The third kappa shape index (κ3) is 5.38. The molecule has 0 amide bonds. The summed E-state index contributed by atoms with van der Waals surface area (Å²) < 4.78 is 13.7.